The predicted molar refractivity (Wildman–Crippen MR) is 93.9 cm³/mol. The average molecular weight is 362 g/mol. The Morgan fingerprint density at radius 2 is 2.08 bits per heavy atom. The Labute approximate surface area is 151 Å². The third kappa shape index (κ3) is 4.23. The van der Waals surface area contributed by atoms with Gasteiger partial charge in [-0.25, -0.2) is 4.39 Å². The first kappa shape index (κ1) is 18.4. The molecule has 6 nitrogen and oxygen atoms in total. The molecule has 0 saturated carbocycles. The van der Waals surface area contributed by atoms with Gasteiger partial charge < -0.3 is 19.2 Å². The van der Waals surface area contributed by atoms with Crippen molar-refractivity contribution >= 4 is 5.91 Å². The highest BCUT2D eigenvalue weighted by Gasteiger charge is 2.26. The van der Waals surface area contributed by atoms with Crippen molar-refractivity contribution in [1.29, 1.82) is 0 Å². The molecule has 0 aliphatic carbocycles. The summed E-state index contributed by atoms with van der Waals surface area (Å²) >= 11 is 0. The summed E-state index contributed by atoms with van der Waals surface area (Å²) in [6.45, 7) is 4.96. The lowest BCUT2D eigenvalue weighted by atomic mass is 10.1. The molecule has 0 unspecified atom stereocenters. The van der Waals surface area contributed by atoms with Crippen molar-refractivity contribution < 1.29 is 23.1 Å². The van der Waals surface area contributed by atoms with Gasteiger partial charge in [0.15, 0.2) is 0 Å². The number of furan rings is 1. The van der Waals surface area contributed by atoms with E-state index in [4.69, 9.17) is 13.9 Å². The Morgan fingerprint density at radius 3 is 2.69 bits per heavy atom. The van der Waals surface area contributed by atoms with E-state index in [0.717, 1.165) is 24.6 Å². The smallest absolute Gasteiger partial charge is 0.254 e. The molecule has 1 aliphatic heterocycles. The Morgan fingerprint density at radius 1 is 1.31 bits per heavy atom. The number of ether oxygens (including phenoxy) is 2. The molecule has 1 saturated heterocycles. The average Bonchev–Trinajstić information content (AvgIpc) is 3.08. The van der Waals surface area contributed by atoms with Crippen molar-refractivity contribution in [3.8, 4) is 5.75 Å². The molecule has 3 rings (SSSR count). The number of amides is 1. The fourth-order valence-corrected chi connectivity index (χ4v) is 3.02. The van der Waals surface area contributed by atoms with Gasteiger partial charge in [0.2, 0.25) is 0 Å². The maximum atomic E-state index is 14.1. The van der Waals surface area contributed by atoms with Crippen molar-refractivity contribution in [3.63, 3.8) is 0 Å². The Hall–Kier alpha value is -2.38. The summed E-state index contributed by atoms with van der Waals surface area (Å²) in [4.78, 5) is 14.6. The zero-order valence-electron chi connectivity index (χ0n) is 15.0. The number of rotatable bonds is 6. The Bertz CT molecular complexity index is 756. The third-order valence-corrected chi connectivity index (χ3v) is 4.45. The van der Waals surface area contributed by atoms with E-state index in [9.17, 15) is 9.18 Å². The molecule has 1 amide bonds. The van der Waals surface area contributed by atoms with E-state index >= 15 is 0 Å². The molecule has 2 heterocycles. The van der Waals surface area contributed by atoms with Crippen LogP contribution in [0.2, 0.25) is 0 Å². The molecule has 1 aliphatic rings. The number of benzene rings is 1. The predicted octanol–water partition coefficient (Wildman–Crippen LogP) is 2.54. The molecule has 2 aromatic rings. The van der Waals surface area contributed by atoms with Crippen LogP contribution < -0.4 is 10.1 Å². The van der Waals surface area contributed by atoms with Crippen LogP contribution in [-0.4, -0.2) is 50.8 Å². The molecule has 0 radical (unpaired) electrons. The summed E-state index contributed by atoms with van der Waals surface area (Å²) in [5.41, 5.74) is -0.0119. The van der Waals surface area contributed by atoms with Crippen LogP contribution in [0.15, 0.2) is 34.7 Å². The van der Waals surface area contributed by atoms with Crippen LogP contribution in [0, 0.1) is 12.7 Å². The van der Waals surface area contributed by atoms with E-state index in [1.54, 1.807) is 6.07 Å². The molecule has 0 bridgehead atoms. The first-order valence-electron chi connectivity index (χ1n) is 8.58. The van der Waals surface area contributed by atoms with Gasteiger partial charge in [-0.2, -0.15) is 0 Å². The van der Waals surface area contributed by atoms with Gasteiger partial charge in [0, 0.05) is 25.7 Å². The maximum Gasteiger partial charge on any atom is 0.254 e. The number of hydrogen-bond donors (Lipinski definition) is 1. The molecule has 1 aromatic heterocycles. The second kappa shape index (κ2) is 8.33. The minimum absolute atomic E-state index is 0.0119. The van der Waals surface area contributed by atoms with Crippen LogP contribution in [0.4, 0.5) is 4.39 Å². The van der Waals surface area contributed by atoms with E-state index in [1.165, 1.54) is 19.2 Å². The van der Waals surface area contributed by atoms with Crippen LogP contribution in [0.3, 0.4) is 0 Å². The first-order chi connectivity index (χ1) is 12.6. The lowest BCUT2D eigenvalue weighted by Crippen LogP contribution is -2.43. The van der Waals surface area contributed by atoms with Crippen molar-refractivity contribution in [2.75, 3.05) is 40.0 Å². The minimum Gasteiger partial charge on any atom is -0.497 e. The van der Waals surface area contributed by atoms with Crippen molar-refractivity contribution in [2.45, 2.75) is 13.0 Å². The van der Waals surface area contributed by atoms with Gasteiger partial charge in [0.05, 0.1) is 31.9 Å². The number of nitrogens with zero attached hydrogens (tertiary/aromatic N) is 1. The zero-order valence-corrected chi connectivity index (χ0v) is 15.0. The van der Waals surface area contributed by atoms with Gasteiger partial charge in [-0.1, -0.05) is 0 Å². The molecule has 0 spiro atoms. The van der Waals surface area contributed by atoms with Crippen molar-refractivity contribution in [2.24, 2.45) is 0 Å². The summed E-state index contributed by atoms with van der Waals surface area (Å²) in [6.07, 6.45) is 0. The van der Waals surface area contributed by atoms with Crippen molar-refractivity contribution in [3.05, 3.63) is 53.2 Å². The van der Waals surface area contributed by atoms with Gasteiger partial charge in [-0.3, -0.25) is 9.69 Å². The summed E-state index contributed by atoms with van der Waals surface area (Å²) in [6, 6.07) is 7.86. The van der Waals surface area contributed by atoms with E-state index < -0.39 is 11.7 Å². The van der Waals surface area contributed by atoms with Gasteiger partial charge in [0.25, 0.3) is 5.91 Å². The highest BCUT2D eigenvalue weighted by Crippen LogP contribution is 2.24. The molecular formula is C19H23FN2O4. The minimum atomic E-state index is -0.612. The quantitative estimate of drug-likeness (QED) is 0.856. The highest BCUT2D eigenvalue weighted by molar-refractivity contribution is 5.94. The standard InChI is InChI=1S/C19H23FN2O4/c1-13-3-6-18(26-13)17(22-7-9-25-10-8-22)12-21-19(23)15-5-4-14(24-2)11-16(15)20/h3-6,11,17H,7-10,12H2,1-2H3,(H,21,23)/t17-/m0/s1. The van der Waals surface area contributed by atoms with Crippen LogP contribution in [0.5, 0.6) is 5.75 Å². The number of carbonyl (C=O) groups is 1. The van der Waals surface area contributed by atoms with Crippen molar-refractivity contribution in [1.82, 2.24) is 10.2 Å². The highest BCUT2D eigenvalue weighted by atomic mass is 19.1. The molecule has 7 heteroatoms. The molecule has 140 valence electrons. The number of methoxy groups -OCH3 is 1. The van der Waals surface area contributed by atoms with Gasteiger partial charge >= 0.3 is 0 Å². The number of morpholine rings is 1. The summed E-state index contributed by atoms with van der Waals surface area (Å²) in [5, 5.41) is 2.82. The Kier molecular flexibility index (Phi) is 5.90. The number of halogens is 1. The SMILES string of the molecule is COc1ccc(C(=O)NC[C@@H](c2ccc(C)o2)N2CCOCC2)c(F)c1. The largest absolute Gasteiger partial charge is 0.497 e. The third-order valence-electron chi connectivity index (χ3n) is 4.45. The monoisotopic (exact) mass is 362 g/mol. The number of nitrogens with one attached hydrogen (secondary N) is 1. The van der Waals surface area contributed by atoms with E-state index in [1.807, 2.05) is 19.1 Å². The molecule has 26 heavy (non-hydrogen) atoms. The molecule has 1 N–H and O–H groups in total. The van der Waals surface area contributed by atoms with Crippen LogP contribution >= 0.6 is 0 Å². The fourth-order valence-electron chi connectivity index (χ4n) is 3.02. The second-order valence-corrected chi connectivity index (χ2v) is 6.17. The van der Waals surface area contributed by atoms with E-state index in [2.05, 4.69) is 10.2 Å². The van der Waals surface area contributed by atoms with Crippen LogP contribution in [0.1, 0.15) is 27.9 Å². The summed E-state index contributed by atoms with van der Waals surface area (Å²) in [7, 11) is 1.45. The maximum absolute atomic E-state index is 14.1. The number of carbonyl (C=O) groups excluding carboxylic acids is 1. The van der Waals surface area contributed by atoms with Crippen LogP contribution in [0.25, 0.3) is 0 Å². The van der Waals surface area contributed by atoms with E-state index in [-0.39, 0.29) is 11.6 Å². The number of hydrogen-bond acceptors (Lipinski definition) is 5. The lowest BCUT2D eigenvalue weighted by molar-refractivity contribution is 0.0117. The van der Waals surface area contributed by atoms with Gasteiger partial charge in [0.1, 0.15) is 23.1 Å². The second-order valence-electron chi connectivity index (χ2n) is 6.17. The normalized spacial score (nSPS) is 16.3. The lowest BCUT2D eigenvalue weighted by Gasteiger charge is -2.33. The molecule has 1 fully saturated rings. The fraction of sp³-hybridized carbons (Fsp3) is 0.421. The Balaban J connectivity index is 1.71. The van der Waals surface area contributed by atoms with Gasteiger partial charge in [-0.15, -0.1) is 0 Å². The topological polar surface area (TPSA) is 63.9 Å². The first-order valence-corrected chi connectivity index (χ1v) is 8.58. The van der Waals surface area contributed by atoms with Gasteiger partial charge in [-0.05, 0) is 31.2 Å². The summed E-state index contributed by atoms with van der Waals surface area (Å²) in [5.74, 6) is 0.882. The molecule has 1 aromatic carbocycles. The molecular weight excluding hydrogens is 339 g/mol. The molecule has 1 atom stereocenters. The zero-order chi connectivity index (χ0) is 18.5. The van der Waals surface area contributed by atoms with Crippen LogP contribution in [-0.2, 0) is 4.74 Å². The van der Waals surface area contributed by atoms with E-state index in [0.29, 0.717) is 25.5 Å². The number of aryl methyl sites for hydroxylation is 1. The summed E-state index contributed by atoms with van der Waals surface area (Å²) < 4.78 is 30.2.